The van der Waals surface area contributed by atoms with E-state index in [2.05, 4.69) is 0 Å². The summed E-state index contributed by atoms with van der Waals surface area (Å²) in [7, 11) is 0. The number of likely N-dealkylation sites (tertiary alicyclic amines) is 1. The number of carbonyl (C=O) groups excluding carboxylic acids is 1. The highest BCUT2D eigenvalue weighted by Crippen LogP contribution is 2.43. The quantitative estimate of drug-likeness (QED) is 0.804. The van der Waals surface area contributed by atoms with Crippen LogP contribution < -0.4 is 5.73 Å². The molecular formula is C16H28F2N2O2. The van der Waals surface area contributed by atoms with Crippen molar-refractivity contribution in [2.75, 3.05) is 13.1 Å². The molecule has 1 heterocycles. The summed E-state index contributed by atoms with van der Waals surface area (Å²) in [5, 5.41) is 0. The standard InChI is InChI=1S/C16H28F2N2O2/c1-14(2,3)22-13(21)20-10-4-12(5-11-20)15(19)6-8-16(17,18)9-7-15/h12H,4-11,19H2,1-3H3. The van der Waals surface area contributed by atoms with Crippen LogP contribution >= 0.6 is 0 Å². The van der Waals surface area contributed by atoms with Crippen molar-refractivity contribution in [3.8, 4) is 0 Å². The Morgan fingerprint density at radius 1 is 1.14 bits per heavy atom. The first-order chi connectivity index (χ1) is 10.0. The summed E-state index contributed by atoms with van der Waals surface area (Å²) in [5.41, 5.74) is 5.41. The van der Waals surface area contributed by atoms with Gasteiger partial charge in [0.25, 0.3) is 0 Å². The Morgan fingerprint density at radius 3 is 2.09 bits per heavy atom. The first-order valence-electron chi connectivity index (χ1n) is 8.15. The molecule has 0 spiro atoms. The summed E-state index contributed by atoms with van der Waals surface area (Å²) in [6.07, 6.45) is 1.75. The molecule has 0 aromatic heterocycles. The van der Waals surface area contributed by atoms with Gasteiger partial charge in [0.1, 0.15) is 5.60 Å². The highest BCUT2D eigenvalue weighted by Gasteiger charge is 2.46. The zero-order valence-electron chi connectivity index (χ0n) is 13.8. The molecule has 2 aliphatic rings. The van der Waals surface area contributed by atoms with Gasteiger partial charge in [0, 0.05) is 31.5 Å². The smallest absolute Gasteiger partial charge is 0.410 e. The third kappa shape index (κ3) is 4.31. The van der Waals surface area contributed by atoms with Crippen LogP contribution in [0.15, 0.2) is 0 Å². The normalized spacial score (nSPS) is 25.8. The monoisotopic (exact) mass is 318 g/mol. The van der Waals surface area contributed by atoms with Crippen LogP contribution in [0.5, 0.6) is 0 Å². The number of carbonyl (C=O) groups is 1. The molecule has 6 heteroatoms. The van der Waals surface area contributed by atoms with Crippen LogP contribution in [0.2, 0.25) is 0 Å². The van der Waals surface area contributed by atoms with E-state index < -0.39 is 17.1 Å². The second-order valence-corrected chi connectivity index (χ2v) is 7.83. The van der Waals surface area contributed by atoms with Crippen molar-refractivity contribution in [2.45, 2.75) is 76.4 Å². The van der Waals surface area contributed by atoms with Crippen LogP contribution in [0.4, 0.5) is 13.6 Å². The largest absolute Gasteiger partial charge is 0.444 e. The number of nitrogens with zero attached hydrogens (tertiary/aromatic N) is 1. The van der Waals surface area contributed by atoms with Gasteiger partial charge in [-0.1, -0.05) is 0 Å². The maximum atomic E-state index is 13.3. The van der Waals surface area contributed by atoms with E-state index in [1.54, 1.807) is 4.90 Å². The van der Waals surface area contributed by atoms with E-state index in [4.69, 9.17) is 10.5 Å². The average Bonchev–Trinajstić information content (AvgIpc) is 2.41. The van der Waals surface area contributed by atoms with Crippen molar-refractivity contribution in [1.29, 1.82) is 0 Å². The van der Waals surface area contributed by atoms with E-state index in [1.165, 1.54) is 0 Å². The average molecular weight is 318 g/mol. The van der Waals surface area contributed by atoms with Crippen LogP contribution in [0.3, 0.4) is 0 Å². The Hall–Kier alpha value is -0.910. The highest BCUT2D eigenvalue weighted by molar-refractivity contribution is 5.68. The second-order valence-electron chi connectivity index (χ2n) is 7.83. The molecule has 22 heavy (non-hydrogen) atoms. The molecule has 0 atom stereocenters. The van der Waals surface area contributed by atoms with Crippen LogP contribution in [0.25, 0.3) is 0 Å². The van der Waals surface area contributed by atoms with Crippen molar-refractivity contribution in [1.82, 2.24) is 4.90 Å². The van der Waals surface area contributed by atoms with Crippen LogP contribution in [-0.4, -0.2) is 41.1 Å². The zero-order valence-corrected chi connectivity index (χ0v) is 13.8. The fourth-order valence-corrected chi connectivity index (χ4v) is 3.45. The summed E-state index contributed by atoms with van der Waals surface area (Å²) in [5.74, 6) is -2.35. The molecule has 1 aliphatic carbocycles. The van der Waals surface area contributed by atoms with Gasteiger partial charge in [-0.3, -0.25) is 0 Å². The van der Waals surface area contributed by atoms with Gasteiger partial charge in [0.05, 0.1) is 0 Å². The van der Waals surface area contributed by atoms with E-state index in [9.17, 15) is 13.6 Å². The van der Waals surface area contributed by atoms with Crippen LogP contribution in [0.1, 0.15) is 59.3 Å². The predicted octanol–water partition coefficient (Wildman–Crippen LogP) is 3.54. The summed E-state index contributed by atoms with van der Waals surface area (Å²) >= 11 is 0. The van der Waals surface area contributed by atoms with Gasteiger partial charge in [-0.2, -0.15) is 0 Å². The first-order valence-corrected chi connectivity index (χ1v) is 8.15. The van der Waals surface area contributed by atoms with Crippen molar-refractivity contribution >= 4 is 6.09 Å². The third-order valence-corrected chi connectivity index (χ3v) is 4.87. The van der Waals surface area contributed by atoms with Crippen molar-refractivity contribution in [3.63, 3.8) is 0 Å². The summed E-state index contributed by atoms with van der Waals surface area (Å²) < 4.78 is 32.0. The molecule has 1 saturated carbocycles. The number of alkyl halides is 2. The van der Waals surface area contributed by atoms with Gasteiger partial charge in [-0.25, -0.2) is 13.6 Å². The summed E-state index contributed by atoms with van der Waals surface area (Å²) in [4.78, 5) is 13.7. The molecule has 1 saturated heterocycles. The molecule has 0 radical (unpaired) electrons. The van der Waals surface area contributed by atoms with Crippen molar-refractivity contribution < 1.29 is 18.3 Å². The number of amides is 1. The van der Waals surface area contributed by atoms with E-state index in [-0.39, 0.29) is 24.9 Å². The lowest BCUT2D eigenvalue weighted by molar-refractivity contribution is -0.0629. The molecule has 2 rings (SSSR count). The third-order valence-electron chi connectivity index (χ3n) is 4.87. The molecule has 1 amide bonds. The summed E-state index contributed by atoms with van der Waals surface area (Å²) in [6.45, 7) is 6.71. The number of piperidine rings is 1. The molecule has 4 nitrogen and oxygen atoms in total. The Bertz CT molecular complexity index is 403. The maximum absolute atomic E-state index is 13.3. The van der Waals surface area contributed by atoms with Gasteiger partial charge in [-0.05, 0) is 52.4 Å². The SMILES string of the molecule is CC(C)(C)OC(=O)N1CCC(C2(N)CCC(F)(F)CC2)CC1. The molecule has 2 N–H and O–H groups in total. The minimum absolute atomic E-state index is 0.115. The molecule has 0 bridgehead atoms. The lowest BCUT2D eigenvalue weighted by atomic mass is 9.69. The van der Waals surface area contributed by atoms with E-state index in [0.29, 0.717) is 25.9 Å². The predicted molar refractivity (Wildman–Crippen MR) is 80.9 cm³/mol. The second kappa shape index (κ2) is 5.95. The number of halogens is 2. The van der Waals surface area contributed by atoms with Gasteiger partial charge in [0.2, 0.25) is 5.92 Å². The Morgan fingerprint density at radius 2 is 1.64 bits per heavy atom. The highest BCUT2D eigenvalue weighted by atomic mass is 19.3. The Kier molecular flexibility index (Phi) is 4.71. The number of rotatable bonds is 1. The maximum Gasteiger partial charge on any atom is 0.410 e. The zero-order chi connectivity index (χ0) is 16.6. The number of nitrogens with two attached hydrogens (primary N) is 1. The van der Waals surface area contributed by atoms with E-state index in [0.717, 1.165) is 12.8 Å². The topological polar surface area (TPSA) is 55.6 Å². The Balaban J connectivity index is 1.86. The van der Waals surface area contributed by atoms with Crippen LogP contribution in [0, 0.1) is 5.92 Å². The molecule has 0 unspecified atom stereocenters. The molecule has 1 aliphatic heterocycles. The minimum Gasteiger partial charge on any atom is -0.444 e. The lowest BCUT2D eigenvalue weighted by Crippen LogP contribution is -2.55. The van der Waals surface area contributed by atoms with Gasteiger partial charge in [0.15, 0.2) is 0 Å². The van der Waals surface area contributed by atoms with Crippen molar-refractivity contribution in [2.24, 2.45) is 11.7 Å². The lowest BCUT2D eigenvalue weighted by Gasteiger charge is -2.46. The molecular weight excluding hydrogens is 290 g/mol. The minimum atomic E-state index is -2.56. The van der Waals surface area contributed by atoms with Gasteiger partial charge < -0.3 is 15.4 Å². The number of hydrogen-bond donors (Lipinski definition) is 1. The molecule has 2 fully saturated rings. The van der Waals surface area contributed by atoms with Gasteiger partial charge in [-0.15, -0.1) is 0 Å². The Labute approximate surface area is 131 Å². The van der Waals surface area contributed by atoms with E-state index in [1.807, 2.05) is 20.8 Å². The number of hydrogen-bond acceptors (Lipinski definition) is 3. The molecule has 0 aromatic carbocycles. The molecule has 128 valence electrons. The molecule has 0 aromatic rings. The van der Waals surface area contributed by atoms with Crippen molar-refractivity contribution in [3.05, 3.63) is 0 Å². The van der Waals surface area contributed by atoms with Crippen LogP contribution in [-0.2, 0) is 4.74 Å². The summed E-state index contributed by atoms with van der Waals surface area (Å²) in [6, 6.07) is 0. The fourth-order valence-electron chi connectivity index (χ4n) is 3.45. The van der Waals surface area contributed by atoms with E-state index >= 15 is 0 Å². The van der Waals surface area contributed by atoms with Gasteiger partial charge >= 0.3 is 6.09 Å². The first kappa shape index (κ1) is 17.4. The number of ether oxygens (including phenoxy) is 1. The fraction of sp³-hybridized carbons (Fsp3) is 0.938.